The van der Waals surface area contributed by atoms with E-state index in [9.17, 15) is 14.4 Å². The number of methoxy groups -OCH3 is 1. The molecule has 0 saturated carbocycles. The summed E-state index contributed by atoms with van der Waals surface area (Å²) < 4.78 is 4.95. The first-order valence-electron chi connectivity index (χ1n) is 9.98. The maximum atomic E-state index is 12.6. The molecule has 1 atom stereocenters. The molecular weight excluding hydrogens is 388 g/mol. The molecule has 0 bridgehead atoms. The second kappa shape index (κ2) is 8.37. The number of thiophene rings is 1. The van der Waals surface area contributed by atoms with Gasteiger partial charge in [-0.1, -0.05) is 18.2 Å². The molecule has 0 spiro atoms. The van der Waals surface area contributed by atoms with Crippen LogP contribution >= 0.6 is 11.3 Å². The summed E-state index contributed by atoms with van der Waals surface area (Å²) in [5.74, 6) is -0.853. The van der Waals surface area contributed by atoms with Crippen molar-refractivity contribution < 1.29 is 19.1 Å². The smallest absolute Gasteiger partial charge is 0.341 e. The largest absolute Gasteiger partial charge is 0.465 e. The summed E-state index contributed by atoms with van der Waals surface area (Å²) >= 11 is 1.47. The van der Waals surface area contributed by atoms with Gasteiger partial charge in [-0.2, -0.15) is 0 Å². The highest BCUT2D eigenvalue weighted by molar-refractivity contribution is 7.17. The summed E-state index contributed by atoms with van der Waals surface area (Å²) in [6.07, 6.45) is 5.23. The number of fused-ring (bicyclic) bond motifs is 2. The highest BCUT2D eigenvalue weighted by Gasteiger charge is 2.29. The number of anilines is 2. The fourth-order valence-electron chi connectivity index (χ4n) is 4.11. The topological polar surface area (TPSA) is 84.5 Å². The average Bonchev–Trinajstić information content (AvgIpc) is 3.09. The van der Waals surface area contributed by atoms with Gasteiger partial charge in [0.05, 0.1) is 12.7 Å². The number of esters is 1. The number of carbonyl (C=O) groups excluding carboxylic acids is 3. The molecule has 0 saturated heterocycles. The molecular formula is C22H24N2O4S. The number of carbonyl (C=O) groups is 3. The van der Waals surface area contributed by atoms with Crippen LogP contribution in [0.2, 0.25) is 0 Å². The van der Waals surface area contributed by atoms with Crippen molar-refractivity contribution in [2.75, 3.05) is 17.7 Å². The zero-order chi connectivity index (χ0) is 20.4. The van der Waals surface area contributed by atoms with Crippen LogP contribution in [0.5, 0.6) is 0 Å². The molecule has 152 valence electrons. The predicted molar refractivity (Wildman–Crippen MR) is 112 cm³/mol. The summed E-state index contributed by atoms with van der Waals surface area (Å²) in [6, 6.07) is 7.74. The number of rotatable bonds is 5. The number of para-hydroxylation sites is 1. The number of hydrogen-bond acceptors (Lipinski definition) is 5. The maximum absolute atomic E-state index is 12.6. The molecule has 2 N–H and O–H groups in total. The van der Waals surface area contributed by atoms with Crippen LogP contribution in [-0.2, 0) is 33.6 Å². The van der Waals surface area contributed by atoms with E-state index < -0.39 is 5.97 Å². The lowest BCUT2D eigenvalue weighted by Crippen LogP contribution is -2.30. The van der Waals surface area contributed by atoms with E-state index in [0.29, 0.717) is 23.4 Å². The summed E-state index contributed by atoms with van der Waals surface area (Å²) in [5, 5.41) is 6.40. The normalized spacial score (nSPS) is 17.7. The highest BCUT2D eigenvalue weighted by Crippen LogP contribution is 2.38. The van der Waals surface area contributed by atoms with Gasteiger partial charge in [0.25, 0.3) is 0 Å². The Morgan fingerprint density at radius 3 is 2.86 bits per heavy atom. The highest BCUT2D eigenvalue weighted by atomic mass is 32.1. The lowest BCUT2D eigenvalue weighted by atomic mass is 9.89. The van der Waals surface area contributed by atoms with E-state index in [0.717, 1.165) is 47.4 Å². The Balaban J connectivity index is 1.42. The van der Waals surface area contributed by atoms with Crippen LogP contribution in [0, 0.1) is 5.92 Å². The third kappa shape index (κ3) is 4.05. The van der Waals surface area contributed by atoms with Crippen molar-refractivity contribution in [3.05, 3.63) is 45.8 Å². The van der Waals surface area contributed by atoms with Crippen molar-refractivity contribution in [3.63, 3.8) is 0 Å². The first-order chi connectivity index (χ1) is 14.1. The van der Waals surface area contributed by atoms with Gasteiger partial charge >= 0.3 is 5.97 Å². The van der Waals surface area contributed by atoms with E-state index in [1.54, 1.807) is 0 Å². The molecule has 1 aromatic carbocycles. The first-order valence-corrected chi connectivity index (χ1v) is 10.8. The SMILES string of the molecule is COC(=O)c1c(NC(=O)CCC2Cc3ccccc3NC2=O)sc2c1CCCC2. The van der Waals surface area contributed by atoms with Gasteiger partial charge in [0.15, 0.2) is 0 Å². The third-order valence-corrected chi connectivity index (χ3v) is 6.85. The summed E-state index contributed by atoms with van der Waals surface area (Å²) in [5.41, 5.74) is 3.47. The van der Waals surface area contributed by atoms with Gasteiger partial charge < -0.3 is 15.4 Å². The Morgan fingerprint density at radius 2 is 2.03 bits per heavy atom. The van der Waals surface area contributed by atoms with Crippen LogP contribution < -0.4 is 10.6 Å². The molecule has 29 heavy (non-hydrogen) atoms. The number of aryl methyl sites for hydroxylation is 1. The molecule has 7 heteroatoms. The first kappa shape index (κ1) is 19.6. The minimum absolute atomic E-state index is 0.0432. The fraction of sp³-hybridized carbons (Fsp3) is 0.409. The quantitative estimate of drug-likeness (QED) is 0.729. The van der Waals surface area contributed by atoms with Gasteiger partial charge in [-0.25, -0.2) is 4.79 Å². The number of amides is 2. The van der Waals surface area contributed by atoms with Crippen molar-refractivity contribution in [2.24, 2.45) is 5.92 Å². The van der Waals surface area contributed by atoms with Gasteiger partial charge in [-0.15, -0.1) is 11.3 Å². The molecule has 2 aromatic rings. The summed E-state index contributed by atoms with van der Waals surface area (Å²) in [7, 11) is 1.36. The number of hydrogen-bond donors (Lipinski definition) is 2. The Kier molecular flexibility index (Phi) is 5.67. The van der Waals surface area contributed by atoms with Crippen molar-refractivity contribution in [2.45, 2.75) is 44.9 Å². The Morgan fingerprint density at radius 1 is 1.24 bits per heavy atom. The Hall–Kier alpha value is -2.67. The lowest BCUT2D eigenvalue weighted by molar-refractivity contribution is -0.121. The minimum atomic E-state index is -0.400. The second-order valence-corrected chi connectivity index (χ2v) is 8.65. The Labute approximate surface area is 173 Å². The molecule has 1 aliphatic carbocycles. The monoisotopic (exact) mass is 412 g/mol. The molecule has 2 heterocycles. The molecule has 0 radical (unpaired) electrons. The number of benzene rings is 1. The zero-order valence-corrected chi connectivity index (χ0v) is 17.2. The van der Waals surface area contributed by atoms with Gasteiger partial charge in [0.1, 0.15) is 5.00 Å². The lowest BCUT2D eigenvalue weighted by Gasteiger charge is -2.24. The third-order valence-electron chi connectivity index (χ3n) is 5.65. The van der Waals surface area contributed by atoms with E-state index in [2.05, 4.69) is 10.6 Å². The van der Waals surface area contributed by atoms with Crippen molar-refractivity contribution >= 4 is 39.8 Å². The zero-order valence-electron chi connectivity index (χ0n) is 16.4. The van der Waals surface area contributed by atoms with E-state index in [-0.39, 0.29) is 24.2 Å². The molecule has 1 aromatic heterocycles. The fourth-order valence-corrected chi connectivity index (χ4v) is 5.41. The van der Waals surface area contributed by atoms with E-state index >= 15 is 0 Å². The van der Waals surface area contributed by atoms with Crippen LogP contribution in [0.1, 0.15) is 52.0 Å². The van der Waals surface area contributed by atoms with E-state index in [1.165, 1.54) is 18.4 Å². The van der Waals surface area contributed by atoms with Gasteiger partial charge in [0, 0.05) is 22.9 Å². The van der Waals surface area contributed by atoms with E-state index in [4.69, 9.17) is 4.74 Å². The minimum Gasteiger partial charge on any atom is -0.465 e. The number of ether oxygens (including phenoxy) is 1. The standard InChI is InChI=1S/C22H24N2O4S/c1-28-22(27)19-15-7-3-5-9-17(15)29-21(19)24-18(25)11-10-14-12-13-6-2-4-8-16(13)23-20(14)26/h2,4,6,8,14H,3,5,7,9-12H2,1H3,(H,23,26)(H,24,25). The molecule has 1 unspecified atom stereocenters. The van der Waals surface area contributed by atoms with Gasteiger partial charge in [0.2, 0.25) is 11.8 Å². The van der Waals surface area contributed by atoms with Crippen LogP contribution in [0.4, 0.5) is 10.7 Å². The molecule has 1 aliphatic heterocycles. The average molecular weight is 413 g/mol. The molecule has 6 nitrogen and oxygen atoms in total. The maximum Gasteiger partial charge on any atom is 0.341 e. The van der Waals surface area contributed by atoms with Crippen LogP contribution in [0.15, 0.2) is 24.3 Å². The summed E-state index contributed by atoms with van der Waals surface area (Å²) in [6.45, 7) is 0. The molecule has 0 fully saturated rings. The Bertz CT molecular complexity index is 966. The van der Waals surface area contributed by atoms with Crippen LogP contribution in [0.3, 0.4) is 0 Å². The van der Waals surface area contributed by atoms with Crippen molar-refractivity contribution in [1.82, 2.24) is 0 Å². The van der Waals surface area contributed by atoms with Crippen molar-refractivity contribution in [1.29, 1.82) is 0 Å². The van der Waals surface area contributed by atoms with Crippen molar-refractivity contribution in [3.8, 4) is 0 Å². The van der Waals surface area contributed by atoms with E-state index in [1.807, 2.05) is 24.3 Å². The molecule has 4 rings (SSSR count). The van der Waals surface area contributed by atoms with Crippen LogP contribution in [0.25, 0.3) is 0 Å². The number of nitrogens with one attached hydrogen (secondary N) is 2. The summed E-state index contributed by atoms with van der Waals surface area (Å²) in [4.78, 5) is 38.4. The molecule has 2 aliphatic rings. The van der Waals surface area contributed by atoms with Crippen LogP contribution in [-0.4, -0.2) is 24.9 Å². The predicted octanol–water partition coefficient (Wildman–Crippen LogP) is 3.94. The van der Waals surface area contributed by atoms with Gasteiger partial charge in [-0.3, -0.25) is 9.59 Å². The molecule has 2 amide bonds. The second-order valence-electron chi connectivity index (χ2n) is 7.54. The van der Waals surface area contributed by atoms with Gasteiger partial charge in [-0.05, 0) is 55.7 Å².